The molecule has 0 aliphatic heterocycles. The molecule has 0 amide bonds. The van der Waals surface area contributed by atoms with E-state index in [0.29, 0.717) is 0 Å². The highest BCUT2D eigenvalue weighted by atomic mass is 31.1. The highest BCUT2D eigenvalue weighted by Gasteiger charge is 2.22. The van der Waals surface area contributed by atoms with Crippen LogP contribution in [0.4, 0.5) is 0 Å². The summed E-state index contributed by atoms with van der Waals surface area (Å²) >= 11 is 0. The molecule has 2 atom stereocenters. The lowest BCUT2D eigenvalue weighted by Crippen LogP contribution is -2.14. The Labute approximate surface area is 90.9 Å². The van der Waals surface area contributed by atoms with E-state index in [9.17, 15) is 0 Å². The van der Waals surface area contributed by atoms with E-state index in [4.69, 9.17) is 0 Å². The van der Waals surface area contributed by atoms with Crippen molar-refractivity contribution >= 4 is 7.92 Å². The second-order valence-electron chi connectivity index (χ2n) is 4.53. The van der Waals surface area contributed by atoms with Gasteiger partial charge >= 0.3 is 0 Å². The predicted octanol–water partition coefficient (Wildman–Crippen LogP) is 4.79. The summed E-state index contributed by atoms with van der Waals surface area (Å²) in [7, 11) is 0.242. The Morgan fingerprint density at radius 2 is 1.93 bits per heavy atom. The summed E-state index contributed by atoms with van der Waals surface area (Å²) < 4.78 is 0. The SMILES string of the molecule is CC/C=C/C(C)P(C)C1CCCCC1. The summed E-state index contributed by atoms with van der Waals surface area (Å²) in [5, 5.41) is 0. The van der Waals surface area contributed by atoms with E-state index in [1.54, 1.807) is 0 Å². The number of hydrogen-bond acceptors (Lipinski definition) is 0. The zero-order chi connectivity index (χ0) is 10.4. The second kappa shape index (κ2) is 6.62. The van der Waals surface area contributed by atoms with Gasteiger partial charge < -0.3 is 0 Å². The van der Waals surface area contributed by atoms with E-state index in [2.05, 4.69) is 32.7 Å². The van der Waals surface area contributed by atoms with Crippen LogP contribution in [0.1, 0.15) is 52.4 Å². The van der Waals surface area contributed by atoms with Crippen LogP contribution < -0.4 is 0 Å². The fourth-order valence-electron chi connectivity index (χ4n) is 2.29. The van der Waals surface area contributed by atoms with Gasteiger partial charge in [-0.2, -0.15) is 0 Å². The Balaban J connectivity index is 2.37. The van der Waals surface area contributed by atoms with Crippen LogP contribution >= 0.6 is 7.92 Å². The smallest absolute Gasteiger partial charge is 0.00580 e. The molecule has 0 N–H and O–H groups in total. The summed E-state index contributed by atoms with van der Waals surface area (Å²) in [4.78, 5) is 0. The lowest BCUT2D eigenvalue weighted by atomic mass is 10.0. The minimum absolute atomic E-state index is 0.242. The molecule has 0 radical (unpaired) electrons. The standard InChI is InChI=1S/C13H25P/c1-4-5-9-12(2)14(3)13-10-7-6-8-11-13/h5,9,12-13H,4,6-8,10-11H2,1-3H3/b9-5+. The highest BCUT2D eigenvalue weighted by molar-refractivity contribution is 7.58. The summed E-state index contributed by atoms with van der Waals surface area (Å²) in [6, 6.07) is 0. The molecule has 82 valence electrons. The molecule has 0 saturated heterocycles. The van der Waals surface area contributed by atoms with Crippen molar-refractivity contribution in [3.63, 3.8) is 0 Å². The topological polar surface area (TPSA) is 0 Å². The van der Waals surface area contributed by atoms with Crippen molar-refractivity contribution in [2.45, 2.75) is 63.7 Å². The normalized spacial score (nSPS) is 23.9. The molecule has 1 fully saturated rings. The third-order valence-corrected chi connectivity index (χ3v) is 6.57. The second-order valence-corrected chi connectivity index (χ2v) is 7.41. The first-order valence-electron chi connectivity index (χ1n) is 6.14. The maximum Gasteiger partial charge on any atom is -0.00580 e. The Kier molecular flexibility index (Phi) is 5.78. The average molecular weight is 212 g/mol. The summed E-state index contributed by atoms with van der Waals surface area (Å²) in [5.74, 6) is 0. The van der Waals surface area contributed by atoms with E-state index in [0.717, 1.165) is 11.3 Å². The van der Waals surface area contributed by atoms with Crippen molar-refractivity contribution in [3.8, 4) is 0 Å². The fourth-order valence-corrected chi connectivity index (χ4v) is 4.53. The highest BCUT2D eigenvalue weighted by Crippen LogP contribution is 2.48. The van der Waals surface area contributed by atoms with Crippen LogP contribution in [0, 0.1) is 0 Å². The lowest BCUT2D eigenvalue weighted by Gasteiger charge is -2.31. The average Bonchev–Trinajstić information content (AvgIpc) is 2.26. The van der Waals surface area contributed by atoms with Gasteiger partial charge in [0.2, 0.25) is 0 Å². The van der Waals surface area contributed by atoms with Crippen LogP contribution in [-0.2, 0) is 0 Å². The molecule has 1 aliphatic rings. The Morgan fingerprint density at radius 3 is 2.50 bits per heavy atom. The van der Waals surface area contributed by atoms with Crippen molar-refractivity contribution in [1.29, 1.82) is 0 Å². The van der Waals surface area contributed by atoms with Crippen LogP contribution in [0.3, 0.4) is 0 Å². The first kappa shape index (κ1) is 12.2. The third kappa shape index (κ3) is 3.73. The molecule has 2 unspecified atom stereocenters. The molecule has 0 bridgehead atoms. The molecule has 0 spiro atoms. The molecule has 1 rings (SSSR count). The van der Waals surface area contributed by atoms with Gasteiger partial charge in [-0.3, -0.25) is 0 Å². The largest absolute Gasteiger partial charge is 0.0999 e. The van der Waals surface area contributed by atoms with Crippen LogP contribution in [0.2, 0.25) is 0 Å². The maximum absolute atomic E-state index is 2.51. The van der Waals surface area contributed by atoms with E-state index >= 15 is 0 Å². The van der Waals surface area contributed by atoms with Gasteiger partial charge in [-0.25, -0.2) is 0 Å². The van der Waals surface area contributed by atoms with Gasteiger partial charge in [-0.05, 0) is 37.2 Å². The van der Waals surface area contributed by atoms with Gasteiger partial charge in [0.15, 0.2) is 0 Å². The summed E-state index contributed by atoms with van der Waals surface area (Å²) in [6.07, 6.45) is 13.5. The molecule has 0 heterocycles. The molecule has 0 nitrogen and oxygen atoms in total. The maximum atomic E-state index is 2.51. The van der Waals surface area contributed by atoms with Gasteiger partial charge in [0, 0.05) is 0 Å². The first-order chi connectivity index (χ1) is 6.75. The quantitative estimate of drug-likeness (QED) is 0.464. The van der Waals surface area contributed by atoms with Gasteiger partial charge in [0.1, 0.15) is 0 Å². The molecule has 1 aliphatic carbocycles. The molecular formula is C13H25P. The molecule has 1 saturated carbocycles. The third-order valence-electron chi connectivity index (χ3n) is 3.44. The van der Waals surface area contributed by atoms with Crippen molar-refractivity contribution in [2.24, 2.45) is 0 Å². The number of allylic oxidation sites excluding steroid dienone is 2. The monoisotopic (exact) mass is 212 g/mol. The van der Waals surface area contributed by atoms with Gasteiger partial charge in [-0.15, -0.1) is 0 Å². The van der Waals surface area contributed by atoms with Crippen molar-refractivity contribution in [3.05, 3.63) is 12.2 Å². The Morgan fingerprint density at radius 1 is 1.29 bits per heavy atom. The van der Waals surface area contributed by atoms with E-state index < -0.39 is 0 Å². The fraction of sp³-hybridized carbons (Fsp3) is 0.846. The molecule has 0 aromatic carbocycles. The molecule has 0 aromatic rings. The van der Waals surface area contributed by atoms with Crippen LogP contribution in [0.15, 0.2) is 12.2 Å². The first-order valence-corrected chi connectivity index (χ1v) is 8.07. The van der Waals surface area contributed by atoms with Crippen LogP contribution in [0.5, 0.6) is 0 Å². The Bertz CT molecular complexity index is 168. The molecule has 0 aromatic heterocycles. The molecule has 1 heteroatoms. The van der Waals surface area contributed by atoms with Gasteiger partial charge in [0.05, 0.1) is 0 Å². The van der Waals surface area contributed by atoms with Gasteiger partial charge in [-0.1, -0.05) is 53.2 Å². The van der Waals surface area contributed by atoms with Crippen molar-refractivity contribution in [2.75, 3.05) is 6.66 Å². The van der Waals surface area contributed by atoms with Crippen LogP contribution in [0.25, 0.3) is 0 Å². The minimum atomic E-state index is 0.242. The minimum Gasteiger partial charge on any atom is -0.0999 e. The van der Waals surface area contributed by atoms with Crippen molar-refractivity contribution < 1.29 is 0 Å². The summed E-state index contributed by atoms with van der Waals surface area (Å²) in [5.41, 5.74) is 1.91. The van der Waals surface area contributed by atoms with E-state index in [-0.39, 0.29) is 7.92 Å². The van der Waals surface area contributed by atoms with Crippen molar-refractivity contribution in [1.82, 2.24) is 0 Å². The molecular weight excluding hydrogens is 187 g/mol. The van der Waals surface area contributed by atoms with E-state index in [1.807, 2.05) is 0 Å². The van der Waals surface area contributed by atoms with Crippen LogP contribution in [-0.4, -0.2) is 18.0 Å². The number of hydrogen-bond donors (Lipinski definition) is 0. The summed E-state index contributed by atoms with van der Waals surface area (Å²) in [6.45, 7) is 7.14. The number of rotatable bonds is 4. The lowest BCUT2D eigenvalue weighted by molar-refractivity contribution is 0.510. The zero-order valence-corrected chi connectivity index (χ0v) is 10.9. The van der Waals surface area contributed by atoms with Gasteiger partial charge in [0.25, 0.3) is 0 Å². The zero-order valence-electron chi connectivity index (χ0n) is 10.00. The Hall–Kier alpha value is 0.170. The molecule has 14 heavy (non-hydrogen) atoms. The van der Waals surface area contributed by atoms with E-state index in [1.165, 1.54) is 38.5 Å². The predicted molar refractivity (Wildman–Crippen MR) is 68.6 cm³/mol.